The molecule has 1 nitrogen and oxygen atoms in total. The number of aromatic nitrogens is 1. The van der Waals surface area contributed by atoms with Crippen molar-refractivity contribution in [2.24, 2.45) is 0 Å². The minimum absolute atomic E-state index is 0. The minimum Gasteiger partial charge on any atom is -0.265 e. The van der Waals surface area contributed by atoms with Crippen LogP contribution in [0, 0.1) is 0 Å². The van der Waals surface area contributed by atoms with E-state index in [9.17, 15) is 0 Å². The summed E-state index contributed by atoms with van der Waals surface area (Å²) < 4.78 is 0. The summed E-state index contributed by atoms with van der Waals surface area (Å²) in [6.07, 6.45) is 3.50. The van der Waals surface area contributed by atoms with Crippen LogP contribution in [0.15, 0.2) is 30.6 Å². The first-order valence-electron chi connectivity index (χ1n) is 1.85. The Hall–Kier alpha value is 0.267. The average Bonchev–Trinajstić information content (AvgIpc) is 1.72. The molecule has 0 spiro atoms. The number of nitrogens with zero attached hydrogens (tertiary/aromatic N) is 1. The first-order chi connectivity index (χ1) is 3.00. The van der Waals surface area contributed by atoms with Gasteiger partial charge in [-0.3, -0.25) is 4.98 Å². The van der Waals surface area contributed by atoms with E-state index in [1.54, 1.807) is 12.4 Å². The van der Waals surface area contributed by atoms with Gasteiger partial charge in [-0.05, 0) is 12.1 Å². The van der Waals surface area contributed by atoms with Gasteiger partial charge in [0.05, 0.1) is 0 Å². The van der Waals surface area contributed by atoms with Gasteiger partial charge in [-0.2, -0.15) is 0 Å². The fourth-order valence-electron chi connectivity index (χ4n) is 0.313. The van der Waals surface area contributed by atoms with E-state index < -0.39 is 0 Å². The van der Waals surface area contributed by atoms with Crippen LogP contribution in [-0.4, -0.2) is 23.8 Å². The van der Waals surface area contributed by atoms with Crippen LogP contribution in [0.25, 0.3) is 0 Å². The third-order valence-corrected chi connectivity index (χ3v) is 0.566. The summed E-state index contributed by atoms with van der Waals surface area (Å²) in [5, 5.41) is 0. The van der Waals surface area contributed by atoms with Gasteiger partial charge in [0, 0.05) is 29.5 Å². The van der Waals surface area contributed by atoms with Crippen molar-refractivity contribution >= 4 is 18.9 Å². The maximum absolute atomic E-state index is 3.78. The molecule has 1 rings (SSSR count). The largest absolute Gasteiger partial charge is 0.265 e. The van der Waals surface area contributed by atoms with Gasteiger partial charge in [-0.25, -0.2) is 0 Å². The number of hydrogen-bond acceptors (Lipinski definition) is 1. The molecule has 0 saturated heterocycles. The molecule has 0 N–H and O–H groups in total. The second-order valence-corrected chi connectivity index (χ2v) is 1.02. The van der Waals surface area contributed by atoms with E-state index in [4.69, 9.17) is 0 Å². The average molecular weight is 151 g/mol. The monoisotopic (exact) mass is 150 g/mol. The van der Waals surface area contributed by atoms with E-state index in [1.165, 1.54) is 0 Å². The number of rotatable bonds is 0. The molecule has 0 aliphatic rings. The molecule has 43 valence electrons. The normalized spacial score (nSPS) is 6.00. The Balaban J connectivity index is 0. The zero-order valence-electron chi connectivity index (χ0n) is 3.64. The fraction of sp³-hybridized carbons (Fsp3) is 0. The molecular weight excluding hydrogens is 145 g/mol. The van der Waals surface area contributed by atoms with Crippen LogP contribution in [-0.2, 0) is 17.1 Å². The standard InChI is InChI=1S/C5H5N.Cu.Li.H/c1-2-4-6-5-3-1;;;/h1-5H;;;. The van der Waals surface area contributed by atoms with Gasteiger partial charge in [-0.1, -0.05) is 6.07 Å². The van der Waals surface area contributed by atoms with E-state index in [1.807, 2.05) is 18.2 Å². The van der Waals surface area contributed by atoms with E-state index in [0.717, 1.165) is 0 Å². The van der Waals surface area contributed by atoms with Crippen molar-refractivity contribution in [2.45, 2.75) is 0 Å². The van der Waals surface area contributed by atoms with E-state index in [2.05, 4.69) is 4.98 Å². The molecule has 0 fully saturated rings. The SMILES string of the molecule is [Cu].[LiH].c1ccncc1. The Morgan fingerprint density at radius 1 is 0.875 bits per heavy atom. The van der Waals surface area contributed by atoms with Crippen LogP contribution < -0.4 is 0 Å². The van der Waals surface area contributed by atoms with Crippen LogP contribution >= 0.6 is 0 Å². The number of hydrogen-bond donors (Lipinski definition) is 0. The summed E-state index contributed by atoms with van der Waals surface area (Å²) in [7, 11) is 0. The van der Waals surface area contributed by atoms with E-state index in [0.29, 0.717) is 0 Å². The molecule has 0 amide bonds. The molecule has 0 aliphatic carbocycles. The molecule has 0 bridgehead atoms. The quantitative estimate of drug-likeness (QED) is 0.489. The van der Waals surface area contributed by atoms with Crippen molar-refractivity contribution < 1.29 is 17.1 Å². The second-order valence-electron chi connectivity index (χ2n) is 1.02. The number of pyridine rings is 1. The molecule has 1 aromatic heterocycles. The van der Waals surface area contributed by atoms with Crippen LogP contribution in [0.1, 0.15) is 0 Å². The van der Waals surface area contributed by atoms with Crippen LogP contribution in [0.4, 0.5) is 0 Å². The van der Waals surface area contributed by atoms with Gasteiger partial charge in [0.15, 0.2) is 0 Å². The minimum atomic E-state index is 0. The van der Waals surface area contributed by atoms with Gasteiger partial charge in [0.2, 0.25) is 0 Å². The van der Waals surface area contributed by atoms with Crippen LogP contribution in [0.2, 0.25) is 0 Å². The summed E-state index contributed by atoms with van der Waals surface area (Å²) in [4.78, 5) is 3.78. The van der Waals surface area contributed by atoms with Crippen molar-refractivity contribution in [1.29, 1.82) is 0 Å². The van der Waals surface area contributed by atoms with E-state index >= 15 is 0 Å². The van der Waals surface area contributed by atoms with Gasteiger partial charge < -0.3 is 0 Å². The Labute approximate surface area is 71.5 Å². The summed E-state index contributed by atoms with van der Waals surface area (Å²) in [5.74, 6) is 0. The summed E-state index contributed by atoms with van der Waals surface area (Å²) in [6, 6.07) is 5.72. The molecule has 1 heterocycles. The molecule has 0 aromatic carbocycles. The summed E-state index contributed by atoms with van der Waals surface area (Å²) in [5.41, 5.74) is 0. The van der Waals surface area contributed by atoms with Crippen LogP contribution in [0.5, 0.6) is 0 Å². The third kappa shape index (κ3) is 4.43. The Morgan fingerprint density at radius 3 is 1.50 bits per heavy atom. The van der Waals surface area contributed by atoms with Gasteiger partial charge in [0.25, 0.3) is 0 Å². The molecule has 1 aromatic rings. The fourth-order valence-corrected chi connectivity index (χ4v) is 0.313. The Kier molecular flexibility index (Phi) is 10.1. The molecular formula is C5H6CuLiN. The van der Waals surface area contributed by atoms with Gasteiger partial charge in [0.1, 0.15) is 0 Å². The van der Waals surface area contributed by atoms with E-state index in [-0.39, 0.29) is 35.9 Å². The zero-order valence-corrected chi connectivity index (χ0v) is 4.58. The van der Waals surface area contributed by atoms with Crippen molar-refractivity contribution in [3.05, 3.63) is 30.6 Å². The molecule has 8 heavy (non-hydrogen) atoms. The van der Waals surface area contributed by atoms with Crippen molar-refractivity contribution in [3.63, 3.8) is 0 Å². The molecule has 0 saturated carbocycles. The van der Waals surface area contributed by atoms with Crippen molar-refractivity contribution in [1.82, 2.24) is 4.98 Å². The van der Waals surface area contributed by atoms with Crippen molar-refractivity contribution in [2.75, 3.05) is 0 Å². The molecule has 3 heteroatoms. The second kappa shape index (κ2) is 7.27. The molecule has 0 unspecified atom stereocenters. The molecule has 1 radical (unpaired) electrons. The maximum Gasteiger partial charge on any atom is 0.0267 e. The predicted octanol–water partition coefficient (Wildman–Crippen LogP) is 0.431. The van der Waals surface area contributed by atoms with Crippen molar-refractivity contribution in [3.8, 4) is 0 Å². The molecule has 0 atom stereocenters. The van der Waals surface area contributed by atoms with Gasteiger partial charge in [-0.15, -0.1) is 0 Å². The third-order valence-electron chi connectivity index (χ3n) is 0.566. The first-order valence-corrected chi connectivity index (χ1v) is 1.85. The smallest absolute Gasteiger partial charge is 0.0267 e. The zero-order chi connectivity index (χ0) is 4.24. The summed E-state index contributed by atoms with van der Waals surface area (Å²) >= 11 is 0. The first kappa shape index (κ1) is 11.1. The summed E-state index contributed by atoms with van der Waals surface area (Å²) in [6.45, 7) is 0. The van der Waals surface area contributed by atoms with Crippen LogP contribution in [0.3, 0.4) is 0 Å². The topological polar surface area (TPSA) is 12.9 Å². The molecule has 0 aliphatic heterocycles. The Bertz CT molecular complexity index is 84.4. The van der Waals surface area contributed by atoms with Gasteiger partial charge >= 0.3 is 18.9 Å². The maximum atomic E-state index is 3.78. The Morgan fingerprint density at radius 2 is 1.38 bits per heavy atom. The predicted molar refractivity (Wildman–Crippen MR) is 31.4 cm³/mol.